The van der Waals surface area contributed by atoms with E-state index in [4.69, 9.17) is 5.11 Å². The van der Waals surface area contributed by atoms with Gasteiger partial charge in [0.2, 0.25) is 0 Å². The summed E-state index contributed by atoms with van der Waals surface area (Å²) < 4.78 is 4.69. The second kappa shape index (κ2) is 4.05. The van der Waals surface area contributed by atoms with Gasteiger partial charge in [0.25, 0.3) is 5.91 Å². The molecule has 2 N–H and O–H groups in total. The van der Waals surface area contributed by atoms with Crippen molar-refractivity contribution in [3.8, 4) is 0 Å². The number of amides is 1. The van der Waals surface area contributed by atoms with Crippen molar-refractivity contribution in [3.63, 3.8) is 0 Å². The Balaban J connectivity index is 2.47. The third-order valence-corrected chi connectivity index (χ3v) is 1.04. The Bertz CT molecular complexity index is 328. The predicted molar refractivity (Wildman–Crippen MR) is 41.9 cm³/mol. The lowest BCUT2D eigenvalue weighted by Crippen LogP contribution is -2.08. The van der Waals surface area contributed by atoms with Crippen molar-refractivity contribution in [2.75, 3.05) is 5.32 Å². The number of carbonyl (C=O) groups is 2. The van der Waals surface area contributed by atoms with Crippen molar-refractivity contribution < 1.29 is 19.1 Å². The monoisotopic (exact) mass is 182 g/mol. The molecule has 0 saturated heterocycles. The SMILES string of the molecule is O=C(O)C=CC(=O)Nc1ncco1. The average molecular weight is 182 g/mol. The molecule has 6 heteroatoms. The first-order valence-corrected chi connectivity index (χ1v) is 3.30. The van der Waals surface area contributed by atoms with E-state index in [1.54, 1.807) is 0 Å². The summed E-state index contributed by atoms with van der Waals surface area (Å²) >= 11 is 0. The summed E-state index contributed by atoms with van der Waals surface area (Å²) in [5.74, 6) is -1.80. The lowest BCUT2D eigenvalue weighted by atomic mass is 10.5. The number of carboxylic acid groups (broad SMARTS) is 1. The fourth-order valence-electron chi connectivity index (χ4n) is 0.579. The van der Waals surface area contributed by atoms with Gasteiger partial charge in [0, 0.05) is 12.2 Å². The number of hydrogen-bond donors (Lipinski definition) is 2. The van der Waals surface area contributed by atoms with E-state index in [2.05, 4.69) is 14.7 Å². The van der Waals surface area contributed by atoms with Gasteiger partial charge < -0.3 is 9.52 Å². The summed E-state index contributed by atoms with van der Waals surface area (Å²) in [6.45, 7) is 0. The minimum atomic E-state index is -1.19. The van der Waals surface area contributed by atoms with Crippen LogP contribution in [0.25, 0.3) is 0 Å². The zero-order valence-electron chi connectivity index (χ0n) is 6.43. The second-order valence-electron chi connectivity index (χ2n) is 2.00. The van der Waals surface area contributed by atoms with Crippen LogP contribution in [0, 0.1) is 0 Å². The summed E-state index contributed by atoms with van der Waals surface area (Å²) in [6, 6.07) is 0.0278. The third kappa shape index (κ3) is 3.19. The maximum absolute atomic E-state index is 10.9. The normalized spacial score (nSPS) is 10.2. The quantitative estimate of drug-likeness (QED) is 0.654. The number of nitrogens with zero attached hydrogens (tertiary/aromatic N) is 1. The van der Waals surface area contributed by atoms with Crippen LogP contribution in [0.1, 0.15) is 0 Å². The van der Waals surface area contributed by atoms with Gasteiger partial charge in [-0.25, -0.2) is 9.78 Å². The van der Waals surface area contributed by atoms with Crippen LogP contribution in [-0.4, -0.2) is 22.0 Å². The van der Waals surface area contributed by atoms with E-state index in [9.17, 15) is 9.59 Å². The van der Waals surface area contributed by atoms with Crippen LogP contribution in [0.3, 0.4) is 0 Å². The van der Waals surface area contributed by atoms with Gasteiger partial charge in [-0.05, 0) is 0 Å². The fourth-order valence-corrected chi connectivity index (χ4v) is 0.579. The Morgan fingerprint density at radius 1 is 1.54 bits per heavy atom. The Morgan fingerprint density at radius 2 is 2.31 bits per heavy atom. The van der Waals surface area contributed by atoms with E-state index in [0.29, 0.717) is 0 Å². The highest BCUT2D eigenvalue weighted by Crippen LogP contribution is 2.00. The highest BCUT2D eigenvalue weighted by atomic mass is 16.4. The zero-order chi connectivity index (χ0) is 9.68. The Labute approximate surface area is 72.9 Å². The molecule has 1 heterocycles. The smallest absolute Gasteiger partial charge is 0.328 e. The molecule has 6 nitrogen and oxygen atoms in total. The highest BCUT2D eigenvalue weighted by Gasteiger charge is 2.00. The van der Waals surface area contributed by atoms with Gasteiger partial charge in [-0.1, -0.05) is 0 Å². The van der Waals surface area contributed by atoms with E-state index >= 15 is 0 Å². The molecule has 13 heavy (non-hydrogen) atoms. The topological polar surface area (TPSA) is 92.4 Å². The summed E-state index contributed by atoms with van der Waals surface area (Å²) in [7, 11) is 0. The molecule has 0 spiro atoms. The molecule has 1 aromatic rings. The number of aliphatic carboxylic acids is 1. The molecule has 0 aromatic carbocycles. The largest absolute Gasteiger partial charge is 0.478 e. The van der Waals surface area contributed by atoms with Gasteiger partial charge in [0.05, 0.1) is 6.20 Å². The third-order valence-electron chi connectivity index (χ3n) is 1.04. The van der Waals surface area contributed by atoms with Gasteiger partial charge in [-0.15, -0.1) is 0 Å². The van der Waals surface area contributed by atoms with Crippen molar-refractivity contribution >= 4 is 17.9 Å². The molecule has 0 aliphatic heterocycles. The van der Waals surface area contributed by atoms with E-state index in [-0.39, 0.29) is 6.01 Å². The number of oxazole rings is 1. The Morgan fingerprint density at radius 3 is 2.85 bits per heavy atom. The first kappa shape index (κ1) is 8.98. The van der Waals surface area contributed by atoms with Crippen molar-refractivity contribution in [1.29, 1.82) is 0 Å². The molecule has 0 radical (unpaired) electrons. The molecule has 0 aliphatic carbocycles. The molecule has 1 aromatic heterocycles. The number of anilines is 1. The van der Waals surface area contributed by atoms with Crippen LogP contribution in [0.4, 0.5) is 6.01 Å². The number of nitrogens with one attached hydrogen (secondary N) is 1. The number of rotatable bonds is 3. The van der Waals surface area contributed by atoms with E-state index < -0.39 is 11.9 Å². The lowest BCUT2D eigenvalue weighted by Gasteiger charge is -1.92. The number of carbonyl (C=O) groups excluding carboxylic acids is 1. The summed E-state index contributed by atoms with van der Waals surface area (Å²) in [5.41, 5.74) is 0. The number of hydrogen-bond acceptors (Lipinski definition) is 4. The second-order valence-corrected chi connectivity index (χ2v) is 2.00. The van der Waals surface area contributed by atoms with Crippen molar-refractivity contribution in [3.05, 3.63) is 24.6 Å². The molecular weight excluding hydrogens is 176 g/mol. The van der Waals surface area contributed by atoms with E-state index in [1.165, 1.54) is 12.5 Å². The molecule has 0 fully saturated rings. The Kier molecular flexibility index (Phi) is 2.80. The molecule has 68 valence electrons. The zero-order valence-corrected chi connectivity index (χ0v) is 6.43. The highest BCUT2D eigenvalue weighted by molar-refractivity contribution is 6.01. The summed E-state index contributed by atoms with van der Waals surface area (Å²) in [4.78, 5) is 24.5. The molecule has 0 saturated carbocycles. The summed E-state index contributed by atoms with van der Waals surface area (Å²) in [6.07, 6.45) is 4.23. The standard InChI is InChI=1S/C7H6N2O4/c10-5(1-2-6(11)12)9-7-8-3-4-13-7/h1-4H,(H,11,12)(H,8,9,10). The van der Waals surface area contributed by atoms with Crippen LogP contribution >= 0.6 is 0 Å². The van der Waals surface area contributed by atoms with Gasteiger partial charge in [-0.2, -0.15) is 0 Å². The van der Waals surface area contributed by atoms with E-state index in [1.807, 2.05) is 0 Å². The van der Waals surface area contributed by atoms with Crippen LogP contribution in [0.15, 0.2) is 29.0 Å². The minimum Gasteiger partial charge on any atom is -0.478 e. The van der Waals surface area contributed by atoms with Crippen molar-refractivity contribution in [1.82, 2.24) is 4.98 Å². The van der Waals surface area contributed by atoms with E-state index in [0.717, 1.165) is 12.2 Å². The minimum absolute atomic E-state index is 0.0278. The van der Waals surface area contributed by atoms with Gasteiger partial charge in [-0.3, -0.25) is 10.1 Å². The molecule has 0 atom stereocenters. The summed E-state index contributed by atoms with van der Waals surface area (Å²) in [5, 5.41) is 10.4. The van der Waals surface area contributed by atoms with Crippen LogP contribution in [0.2, 0.25) is 0 Å². The molecular formula is C7H6N2O4. The number of aromatic nitrogens is 1. The van der Waals surface area contributed by atoms with Crippen LogP contribution in [-0.2, 0) is 9.59 Å². The first-order chi connectivity index (χ1) is 6.18. The Hall–Kier alpha value is -2.11. The average Bonchev–Trinajstić information content (AvgIpc) is 2.53. The molecule has 0 unspecified atom stereocenters. The molecule has 1 amide bonds. The number of carboxylic acids is 1. The van der Waals surface area contributed by atoms with Gasteiger partial charge in [0.15, 0.2) is 0 Å². The van der Waals surface area contributed by atoms with Crippen molar-refractivity contribution in [2.45, 2.75) is 0 Å². The maximum Gasteiger partial charge on any atom is 0.328 e. The van der Waals surface area contributed by atoms with Crippen molar-refractivity contribution in [2.24, 2.45) is 0 Å². The van der Waals surface area contributed by atoms with Gasteiger partial charge in [0.1, 0.15) is 6.26 Å². The van der Waals surface area contributed by atoms with Crippen LogP contribution < -0.4 is 5.32 Å². The maximum atomic E-state index is 10.9. The predicted octanol–water partition coefficient (Wildman–Crippen LogP) is 0.254. The molecule has 0 aliphatic rings. The lowest BCUT2D eigenvalue weighted by molar-refractivity contribution is -0.131. The first-order valence-electron chi connectivity index (χ1n) is 3.30. The molecule has 1 rings (SSSR count). The molecule has 0 bridgehead atoms. The van der Waals surface area contributed by atoms with Gasteiger partial charge >= 0.3 is 12.0 Å². The van der Waals surface area contributed by atoms with Crippen LogP contribution in [0.5, 0.6) is 0 Å². The fraction of sp³-hybridized carbons (Fsp3) is 0.